The summed E-state index contributed by atoms with van der Waals surface area (Å²) in [4.78, 5) is 10.1. The molecule has 50 valence electrons. The zero-order valence-electron chi connectivity index (χ0n) is 5.07. The number of amides is 1. The molecule has 0 bridgehead atoms. The first-order valence-corrected chi connectivity index (χ1v) is 2.52. The molecular weight excluding hydrogens is 109 g/mol. The molecule has 0 aromatic heterocycles. The van der Waals surface area contributed by atoms with Crippen LogP contribution in [0.3, 0.4) is 0 Å². The number of nitrogens with one attached hydrogen (secondary N) is 1. The van der Waals surface area contributed by atoms with Crippen LogP contribution < -0.4 is 5.32 Å². The highest BCUT2D eigenvalue weighted by Gasteiger charge is 1.98. The Bertz CT molecular complexity index is 87.0. The molecule has 0 heterocycles. The smallest absolute Gasteiger partial charge is 0.251 e. The molecule has 0 radical (unpaired) electrons. The third kappa shape index (κ3) is 3.59. The Labute approximate surface area is 49.6 Å². The summed E-state index contributed by atoms with van der Waals surface area (Å²) in [5, 5.41) is 2.38. The molecule has 1 amide bonds. The molecule has 0 atom stereocenters. The predicted molar refractivity (Wildman–Crippen MR) is 31.4 cm³/mol. The molecule has 0 saturated carbocycles. The summed E-state index contributed by atoms with van der Waals surface area (Å²) in [7, 11) is 0. The third-order valence-corrected chi connectivity index (χ3v) is 0.571. The first-order chi connectivity index (χ1) is 3.66. The zero-order valence-corrected chi connectivity index (χ0v) is 5.07. The van der Waals surface area contributed by atoms with Crippen LogP contribution in [0.4, 0.5) is 4.39 Å². The molecule has 0 aliphatic rings. The number of hydrogen-bond donors (Lipinski definition) is 1. The largest absolute Gasteiger partial charge is 0.352 e. The minimum atomic E-state index is -0.918. The van der Waals surface area contributed by atoms with Crippen LogP contribution in [-0.2, 0) is 4.79 Å². The number of alkyl halides is 1. The fourth-order valence-electron chi connectivity index (χ4n) is 0.361. The molecule has 0 saturated heterocycles. The molecule has 0 spiro atoms. The monoisotopic (exact) mass is 121 g/mol. The van der Waals surface area contributed by atoms with Gasteiger partial charge in [-0.1, -0.05) is 0 Å². The Balaban J connectivity index is 0. The van der Waals surface area contributed by atoms with Crippen molar-refractivity contribution in [3.05, 3.63) is 0 Å². The molecule has 8 heavy (non-hydrogen) atoms. The quantitative estimate of drug-likeness (QED) is 0.573. The van der Waals surface area contributed by atoms with Crippen LogP contribution in [0.25, 0.3) is 0 Å². The Morgan fingerprint density at radius 1 is 1.88 bits per heavy atom. The van der Waals surface area contributed by atoms with Crippen molar-refractivity contribution in [3.8, 4) is 0 Å². The molecule has 0 fully saturated rings. The minimum absolute atomic E-state index is 0. The zero-order chi connectivity index (χ0) is 6.57. The van der Waals surface area contributed by atoms with Gasteiger partial charge in [0.2, 0.25) is 0 Å². The van der Waals surface area contributed by atoms with E-state index in [-0.39, 0.29) is 7.47 Å². The molecule has 0 unspecified atom stereocenters. The number of halogens is 1. The second-order valence-electron chi connectivity index (χ2n) is 1.86. The Kier molecular flexibility index (Phi) is 3.15. The second-order valence-corrected chi connectivity index (χ2v) is 1.86. The van der Waals surface area contributed by atoms with E-state index in [0.29, 0.717) is 0 Å². The van der Waals surface area contributed by atoms with E-state index in [0.717, 1.165) is 0 Å². The van der Waals surface area contributed by atoms with Crippen LogP contribution in [0.2, 0.25) is 0 Å². The van der Waals surface area contributed by atoms with Gasteiger partial charge in [-0.3, -0.25) is 4.79 Å². The van der Waals surface area contributed by atoms with E-state index in [1.807, 2.05) is 0 Å². The molecule has 2 nitrogen and oxygen atoms in total. The summed E-state index contributed by atoms with van der Waals surface area (Å²) >= 11 is 0. The van der Waals surface area contributed by atoms with Crippen LogP contribution >= 0.6 is 0 Å². The molecule has 0 aromatic rings. The molecule has 1 N–H and O–H groups in total. The summed E-state index contributed by atoms with van der Waals surface area (Å²) in [6.07, 6.45) is 0. The Morgan fingerprint density at radius 2 is 2.38 bits per heavy atom. The van der Waals surface area contributed by atoms with Gasteiger partial charge in [-0.25, -0.2) is 4.39 Å². The molecule has 0 rings (SSSR count). The lowest BCUT2D eigenvalue weighted by atomic mass is 10.4. The highest BCUT2D eigenvalue weighted by Crippen LogP contribution is 1.76. The standard InChI is InChI=1S/C5H10FNO.H2/c1-4(2)7-5(8)3-6;/h4H,3H2,1-2H3,(H,7,8);1H. The summed E-state index contributed by atoms with van der Waals surface area (Å²) in [5.74, 6) is -0.542. The third-order valence-electron chi connectivity index (χ3n) is 0.571. The average molecular weight is 121 g/mol. The first kappa shape index (κ1) is 7.40. The molecule has 0 aromatic carbocycles. The lowest BCUT2D eigenvalue weighted by molar-refractivity contribution is -0.122. The maximum Gasteiger partial charge on any atom is 0.251 e. The van der Waals surface area contributed by atoms with Gasteiger partial charge in [0.25, 0.3) is 5.91 Å². The average Bonchev–Trinajstić information content (AvgIpc) is 1.65. The maximum absolute atomic E-state index is 11.3. The topological polar surface area (TPSA) is 29.1 Å². The van der Waals surface area contributed by atoms with Crippen molar-refractivity contribution < 1.29 is 10.6 Å². The summed E-state index contributed by atoms with van der Waals surface area (Å²) < 4.78 is 11.3. The first-order valence-electron chi connectivity index (χ1n) is 2.52. The Hall–Kier alpha value is -0.600. The van der Waals surface area contributed by atoms with Crippen LogP contribution in [0.1, 0.15) is 15.3 Å². The fourth-order valence-corrected chi connectivity index (χ4v) is 0.361. The molecule has 3 heteroatoms. The van der Waals surface area contributed by atoms with Gasteiger partial charge in [-0.15, -0.1) is 0 Å². The molecule has 0 aliphatic heterocycles. The van der Waals surface area contributed by atoms with Gasteiger partial charge >= 0.3 is 0 Å². The molecular formula is C5H12FNO. The van der Waals surface area contributed by atoms with Crippen molar-refractivity contribution in [2.75, 3.05) is 6.67 Å². The van der Waals surface area contributed by atoms with Crippen molar-refractivity contribution in [1.82, 2.24) is 5.32 Å². The summed E-state index contributed by atoms with van der Waals surface area (Å²) in [5.41, 5.74) is 0. The van der Waals surface area contributed by atoms with Gasteiger partial charge < -0.3 is 5.32 Å². The van der Waals surface area contributed by atoms with Crippen LogP contribution in [0, 0.1) is 0 Å². The van der Waals surface area contributed by atoms with E-state index in [1.54, 1.807) is 13.8 Å². The van der Waals surface area contributed by atoms with Gasteiger partial charge in [0.05, 0.1) is 0 Å². The van der Waals surface area contributed by atoms with Gasteiger partial charge in [0, 0.05) is 7.47 Å². The van der Waals surface area contributed by atoms with E-state index in [9.17, 15) is 9.18 Å². The van der Waals surface area contributed by atoms with E-state index < -0.39 is 12.6 Å². The lowest BCUT2D eigenvalue weighted by Gasteiger charge is -2.03. The fraction of sp³-hybridized carbons (Fsp3) is 0.800. The maximum atomic E-state index is 11.3. The van der Waals surface area contributed by atoms with Crippen molar-refractivity contribution in [1.29, 1.82) is 0 Å². The van der Waals surface area contributed by atoms with E-state index in [4.69, 9.17) is 0 Å². The number of rotatable bonds is 2. The van der Waals surface area contributed by atoms with Gasteiger partial charge in [0.1, 0.15) is 0 Å². The summed E-state index contributed by atoms with van der Waals surface area (Å²) in [6, 6.07) is 0.0400. The van der Waals surface area contributed by atoms with Gasteiger partial charge in [0.15, 0.2) is 6.67 Å². The number of carbonyl (C=O) groups is 1. The second kappa shape index (κ2) is 3.41. The summed E-state index contributed by atoms with van der Waals surface area (Å²) in [6.45, 7) is 2.65. The van der Waals surface area contributed by atoms with Crippen LogP contribution in [-0.4, -0.2) is 18.6 Å². The minimum Gasteiger partial charge on any atom is -0.352 e. The van der Waals surface area contributed by atoms with E-state index in [1.165, 1.54) is 0 Å². The number of hydrogen-bond acceptors (Lipinski definition) is 1. The van der Waals surface area contributed by atoms with Gasteiger partial charge in [-0.2, -0.15) is 0 Å². The van der Waals surface area contributed by atoms with Gasteiger partial charge in [-0.05, 0) is 13.8 Å². The highest BCUT2D eigenvalue weighted by molar-refractivity contribution is 5.77. The van der Waals surface area contributed by atoms with Crippen molar-refractivity contribution in [2.45, 2.75) is 19.9 Å². The number of carbonyl (C=O) groups excluding carboxylic acids is 1. The Morgan fingerprint density at radius 3 is 2.50 bits per heavy atom. The van der Waals surface area contributed by atoms with Crippen molar-refractivity contribution in [2.24, 2.45) is 0 Å². The SMILES string of the molecule is CC(C)NC(=O)CF.[HH]. The van der Waals surface area contributed by atoms with Crippen molar-refractivity contribution >= 4 is 5.91 Å². The molecule has 0 aliphatic carbocycles. The normalized spacial score (nSPS) is 9.50. The van der Waals surface area contributed by atoms with E-state index >= 15 is 0 Å². The van der Waals surface area contributed by atoms with E-state index in [2.05, 4.69) is 5.32 Å². The van der Waals surface area contributed by atoms with Crippen LogP contribution in [0.15, 0.2) is 0 Å². The van der Waals surface area contributed by atoms with Crippen molar-refractivity contribution in [3.63, 3.8) is 0 Å². The lowest BCUT2D eigenvalue weighted by Crippen LogP contribution is -2.31. The predicted octanol–water partition coefficient (Wildman–Crippen LogP) is 0.726. The van der Waals surface area contributed by atoms with Crippen LogP contribution in [0.5, 0.6) is 0 Å². The highest BCUT2D eigenvalue weighted by atomic mass is 19.1.